The van der Waals surface area contributed by atoms with Gasteiger partial charge in [-0.25, -0.2) is 9.97 Å². The number of pyridine rings is 1. The molecule has 28 heavy (non-hydrogen) atoms. The molecule has 0 bridgehead atoms. The predicted octanol–water partition coefficient (Wildman–Crippen LogP) is 5.09. The van der Waals surface area contributed by atoms with Gasteiger partial charge in [0.1, 0.15) is 0 Å². The number of benzene rings is 1. The number of rotatable bonds is 3. The van der Waals surface area contributed by atoms with Crippen molar-refractivity contribution in [2.24, 2.45) is 0 Å². The van der Waals surface area contributed by atoms with Crippen LogP contribution in [-0.4, -0.2) is 14.4 Å². The molecule has 0 saturated heterocycles. The molecular weight excluding hydrogens is 386 g/mol. The molecule has 5 rings (SSSR count). The molecular formula is C22H21N3OS2. The smallest absolute Gasteiger partial charge is 0.259 e. The van der Waals surface area contributed by atoms with Gasteiger partial charge in [0.2, 0.25) is 0 Å². The Labute approximate surface area is 171 Å². The average Bonchev–Trinajstić information content (AvgIpc) is 3.06. The molecule has 3 aromatic heterocycles. The first kappa shape index (κ1) is 17.9. The van der Waals surface area contributed by atoms with E-state index in [-0.39, 0.29) is 5.56 Å². The number of fused-ring (bicyclic) bond motifs is 4. The van der Waals surface area contributed by atoms with Crippen LogP contribution in [0.15, 0.2) is 40.2 Å². The molecule has 0 saturated carbocycles. The van der Waals surface area contributed by atoms with E-state index in [4.69, 9.17) is 9.97 Å². The third-order valence-corrected chi connectivity index (χ3v) is 7.49. The molecule has 1 aliphatic rings. The van der Waals surface area contributed by atoms with Crippen LogP contribution in [0.1, 0.15) is 40.2 Å². The maximum Gasteiger partial charge on any atom is 0.259 e. The molecule has 6 heteroatoms. The maximum atomic E-state index is 12.7. The van der Waals surface area contributed by atoms with Crippen LogP contribution < -0.4 is 5.56 Å². The Morgan fingerprint density at radius 2 is 1.96 bits per heavy atom. The molecule has 3 heterocycles. The van der Waals surface area contributed by atoms with Crippen molar-refractivity contribution >= 4 is 39.0 Å². The summed E-state index contributed by atoms with van der Waals surface area (Å²) in [5, 5.41) is 2.18. The average molecular weight is 408 g/mol. The van der Waals surface area contributed by atoms with Crippen molar-refractivity contribution in [3.05, 3.63) is 68.1 Å². The second kappa shape index (κ2) is 7.01. The van der Waals surface area contributed by atoms with Crippen molar-refractivity contribution in [2.45, 2.75) is 50.3 Å². The Morgan fingerprint density at radius 1 is 1.11 bits per heavy atom. The monoisotopic (exact) mass is 407 g/mol. The summed E-state index contributed by atoms with van der Waals surface area (Å²) < 4.78 is 1.83. The number of aryl methyl sites for hydroxylation is 4. The topological polar surface area (TPSA) is 47.3 Å². The summed E-state index contributed by atoms with van der Waals surface area (Å²) in [6.07, 6.45) is 4.44. The Hall–Kier alpha value is -2.18. The van der Waals surface area contributed by atoms with Gasteiger partial charge in [0.15, 0.2) is 4.96 Å². The standard InChI is InChI=1S/C22H21N3OS2/c1-13-6-5-7-16-14(2)10-19(24-21(13)16)27-12-15-11-20(26)25-17-8-3-4-9-18(17)28-22(25)23-15/h5-7,10-11H,3-4,8-9,12H2,1-2H3. The number of nitrogens with zero attached hydrogens (tertiary/aromatic N) is 3. The second-order valence-electron chi connectivity index (χ2n) is 7.42. The summed E-state index contributed by atoms with van der Waals surface area (Å²) in [5.41, 5.74) is 5.54. The molecule has 4 aromatic rings. The van der Waals surface area contributed by atoms with Crippen molar-refractivity contribution in [2.75, 3.05) is 0 Å². The lowest BCUT2D eigenvalue weighted by Crippen LogP contribution is -2.17. The molecule has 1 aromatic carbocycles. The van der Waals surface area contributed by atoms with Crippen LogP contribution >= 0.6 is 23.1 Å². The summed E-state index contributed by atoms with van der Waals surface area (Å²) >= 11 is 3.33. The highest BCUT2D eigenvalue weighted by Crippen LogP contribution is 2.30. The van der Waals surface area contributed by atoms with Gasteiger partial charge in [0.25, 0.3) is 5.56 Å². The molecule has 0 aliphatic heterocycles. The van der Waals surface area contributed by atoms with Gasteiger partial charge in [0, 0.05) is 27.8 Å². The number of hydrogen-bond donors (Lipinski definition) is 0. The first-order valence-electron chi connectivity index (χ1n) is 9.63. The normalized spacial score (nSPS) is 13.9. The quantitative estimate of drug-likeness (QED) is 0.444. The molecule has 0 amide bonds. The molecule has 4 nitrogen and oxygen atoms in total. The highest BCUT2D eigenvalue weighted by Gasteiger charge is 2.18. The van der Waals surface area contributed by atoms with Crippen molar-refractivity contribution in [1.82, 2.24) is 14.4 Å². The summed E-state index contributed by atoms with van der Waals surface area (Å²) in [6, 6.07) is 10.1. The third-order valence-electron chi connectivity index (χ3n) is 5.41. The summed E-state index contributed by atoms with van der Waals surface area (Å²) in [4.78, 5) is 24.5. The van der Waals surface area contributed by atoms with E-state index in [1.165, 1.54) is 33.5 Å². The van der Waals surface area contributed by atoms with Crippen molar-refractivity contribution in [3.63, 3.8) is 0 Å². The van der Waals surface area contributed by atoms with E-state index in [9.17, 15) is 4.79 Å². The van der Waals surface area contributed by atoms with Crippen LogP contribution in [0.2, 0.25) is 0 Å². The Morgan fingerprint density at radius 3 is 2.86 bits per heavy atom. The molecule has 0 atom stereocenters. The zero-order chi connectivity index (χ0) is 19.3. The number of thiazole rings is 1. The Bertz CT molecular complexity index is 1270. The summed E-state index contributed by atoms with van der Waals surface area (Å²) in [6.45, 7) is 4.22. The van der Waals surface area contributed by atoms with Gasteiger partial charge in [-0.3, -0.25) is 9.20 Å². The van der Waals surface area contributed by atoms with Crippen LogP contribution in [0.5, 0.6) is 0 Å². The van der Waals surface area contributed by atoms with Crippen LogP contribution in [0.25, 0.3) is 15.9 Å². The summed E-state index contributed by atoms with van der Waals surface area (Å²) in [5.74, 6) is 0.651. The highest BCUT2D eigenvalue weighted by atomic mass is 32.2. The van der Waals surface area contributed by atoms with Crippen molar-refractivity contribution < 1.29 is 0 Å². The van der Waals surface area contributed by atoms with Gasteiger partial charge in [-0.05, 0) is 56.7 Å². The number of para-hydroxylation sites is 1. The molecule has 0 unspecified atom stereocenters. The third kappa shape index (κ3) is 3.05. The van der Waals surface area contributed by atoms with E-state index in [0.717, 1.165) is 40.5 Å². The van der Waals surface area contributed by atoms with E-state index in [0.29, 0.717) is 5.75 Å². The van der Waals surface area contributed by atoms with Crippen molar-refractivity contribution in [3.8, 4) is 0 Å². The van der Waals surface area contributed by atoms with Crippen molar-refractivity contribution in [1.29, 1.82) is 0 Å². The Kier molecular flexibility index (Phi) is 4.48. The van der Waals surface area contributed by atoms with E-state index in [1.54, 1.807) is 29.2 Å². The zero-order valence-corrected chi connectivity index (χ0v) is 17.6. The molecule has 142 valence electrons. The van der Waals surface area contributed by atoms with Gasteiger partial charge in [0.05, 0.1) is 16.2 Å². The first-order chi connectivity index (χ1) is 13.6. The minimum Gasteiger partial charge on any atom is -0.269 e. The van der Waals surface area contributed by atoms with Gasteiger partial charge >= 0.3 is 0 Å². The van der Waals surface area contributed by atoms with Gasteiger partial charge < -0.3 is 0 Å². The minimum atomic E-state index is 0.0542. The zero-order valence-electron chi connectivity index (χ0n) is 16.0. The lowest BCUT2D eigenvalue weighted by atomic mass is 10.0. The van der Waals surface area contributed by atoms with Gasteiger partial charge in [-0.2, -0.15) is 0 Å². The van der Waals surface area contributed by atoms with Crippen LogP contribution in [0.3, 0.4) is 0 Å². The largest absolute Gasteiger partial charge is 0.269 e. The highest BCUT2D eigenvalue weighted by molar-refractivity contribution is 7.98. The second-order valence-corrected chi connectivity index (χ2v) is 9.48. The fourth-order valence-electron chi connectivity index (χ4n) is 3.97. The minimum absolute atomic E-state index is 0.0542. The lowest BCUT2D eigenvalue weighted by Gasteiger charge is -2.10. The molecule has 1 aliphatic carbocycles. The lowest BCUT2D eigenvalue weighted by molar-refractivity contribution is 0.670. The summed E-state index contributed by atoms with van der Waals surface area (Å²) in [7, 11) is 0. The number of thioether (sulfide) groups is 1. The van der Waals surface area contributed by atoms with E-state index in [1.807, 2.05) is 4.40 Å². The van der Waals surface area contributed by atoms with Crippen LogP contribution in [-0.2, 0) is 18.6 Å². The fraction of sp³-hybridized carbons (Fsp3) is 0.318. The number of aromatic nitrogens is 3. The SMILES string of the molecule is Cc1cc(SCc2cc(=O)n3c4c(sc3n2)CCCC4)nc2c(C)cccc12. The van der Waals surface area contributed by atoms with E-state index < -0.39 is 0 Å². The van der Waals surface area contributed by atoms with Gasteiger partial charge in [-0.1, -0.05) is 30.0 Å². The first-order valence-corrected chi connectivity index (χ1v) is 11.4. The molecule has 0 spiro atoms. The maximum absolute atomic E-state index is 12.7. The van der Waals surface area contributed by atoms with Gasteiger partial charge in [-0.15, -0.1) is 11.3 Å². The predicted molar refractivity (Wildman–Crippen MR) is 117 cm³/mol. The molecule has 0 N–H and O–H groups in total. The molecule has 0 fully saturated rings. The fourth-order valence-corrected chi connectivity index (χ4v) is 6.06. The Balaban J connectivity index is 1.47. The van der Waals surface area contributed by atoms with Crippen LogP contribution in [0.4, 0.5) is 0 Å². The molecule has 0 radical (unpaired) electrons. The van der Waals surface area contributed by atoms with E-state index in [2.05, 4.69) is 38.1 Å². The van der Waals surface area contributed by atoms with Crippen LogP contribution in [0, 0.1) is 13.8 Å². The van der Waals surface area contributed by atoms with E-state index >= 15 is 0 Å². The number of hydrogen-bond acceptors (Lipinski definition) is 5.